The van der Waals surface area contributed by atoms with Gasteiger partial charge >= 0.3 is 0 Å². The molecule has 3 nitrogen and oxygen atoms in total. The van der Waals surface area contributed by atoms with Crippen LogP contribution in [0, 0.1) is 39.4 Å². The number of terminal acetylenes is 1. The van der Waals surface area contributed by atoms with E-state index in [0.29, 0.717) is 4.91 Å². The summed E-state index contributed by atoms with van der Waals surface area (Å²) in [5, 5.41) is 6.60. The second-order valence-electron chi connectivity index (χ2n) is 9.53. The summed E-state index contributed by atoms with van der Waals surface area (Å²) in [5.74, 6) is -0.155. The van der Waals surface area contributed by atoms with Gasteiger partial charge in [-0.3, -0.25) is 4.99 Å². The first-order chi connectivity index (χ1) is 22.0. The second-order valence-corrected chi connectivity index (χ2v) is 10.1. The third kappa shape index (κ3) is 20.6. The maximum Gasteiger partial charge on any atom is 0.123 e. The van der Waals surface area contributed by atoms with Crippen LogP contribution in [0.4, 0.5) is 14.0 Å². The highest BCUT2D eigenvalue weighted by Gasteiger charge is 2.01. The van der Waals surface area contributed by atoms with Gasteiger partial charge in [0.1, 0.15) is 5.82 Å². The van der Waals surface area contributed by atoms with Gasteiger partial charge in [-0.1, -0.05) is 68.5 Å². The van der Waals surface area contributed by atoms with Crippen LogP contribution in [0.5, 0.6) is 0 Å². The summed E-state index contributed by atoms with van der Waals surface area (Å²) < 4.78 is 24.2. The Kier molecular flexibility index (Phi) is 29.4. The average molecular weight is 648 g/mol. The van der Waals surface area contributed by atoms with E-state index in [1.54, 1.807) is 13.1 Å². The van der Waals surface area contributed by atoms with Crippen molar-refractivity contribution < 1.29 is 8.28 Å². The number of aryl methyl sites for hydroxylation is 3. The van der Waals surface area contributed by atoms with E-state index in [2.05, 4.69) is 111 Å². The van der Waals surface area contributed by atoms with Crippen molar-refractivity contribution in [3.8, 4) is 12.8 Å². The highest BCUT2D eigenvalue weighted by molar-refractivity contribution is 7.99. The Balaban J connectivity index is -0.000000639. The number of nitrogens with zero attached hydrogens (tertiary/aromatic N) is 1. The molecule has 0 radical (unpaired) electrons. The van der Waals surface area contributed by atoms with E-state index in [1.165, 1.54) is 35.0 Å². The van der Waals surface area contributed by atoms with Crippen LogP contribution < -0.4 is 10.6 Å². The Bertz CT molecular complexity index is 1380. The molecule has 46 heavy (non-hydrogen) atoms. The van der Waals surface area contributed by atoms with Crippen molar-refractivity contribution in [1.29, 1.82) is 0 Å². The number of rotatable bonds is 8. The maximum absolute atomic E-state index is 12.3. The van der Waals surface area contributed by atoms with Crippen LogP contribution in [0.1, 0.15) is 62.4 Å². The molecule has 6 heteroatoms. The Morgan fingerprint density at radius 3 is 1.96 bits per heavy atom. The first kappa shape index (κ1) is 46.1. The Morgan fingerprint density at radius 2 is 1.50 bits per heavy atom. The molecular weight excluding hydrogens is 593 g/mol. The molecule has 0 spiro atoms. The molecule has 3 aromatic carbocycles. The van der Waals surface area contributed by atoms with Gasteiger partial charge in [0.25, 0.3) is 0 Å². The number of aliphatic imine (C=N–C) groups is 1. The lowest BCUT2D eigenvalue weighted by molar-refractivity contribution is 0.626. The minimum atomic E-state index is -0.155. The summed E-state index contributed by atoms with van der Waals surface area (Å²) in [5.41, 5.74) is 10.1. The second kappa shape index (κ2) is 29.4. The third-order valence-electron chi connectivity index (χ3n) is 5.96. The van der Waals surface area contributed by atoms with Crippen molar-refractivity contribution in [2.75, 3.05) is 19.4 Å². The summed E-state index contributed by atoms with van der Waals surface area (Å²) in [6.45, 7) is 26.7. The Hall–Kier alpha value is -4.34. The van der Waals surface area contributed by atoms with Crippen molar-refractivity contribution in [2.45, 2.75) is 61.9 Å². The highest BCUT2D eigenvalue weighted by Crippen LogP contribution is 2.19. The highest BCUT2D eigenvalue weighted by atomic mass is 32.2. The largest absolute Gasteiger partial charge is 0.388 e. The molecule has 0 saturated heterocycles. The molecule has 0 aliphatic rings. The molecule has 0 amide bonds. The fraction of sp³-hybridized carbons (Fsp3) is 0.275. The van der Waals surface area contributed by atoms with Gasteiger partial charge in [0, 0.05) is 38.2 Å². The Labute approximate surface area is 284 Å². The first-order valence-electron chi connectivity index (χ1n) is 14.9. The number of nitrogens with one attached hydrogen (secondary N) is 2. The fourth-order valence-electron chi connectivity index (χ4n) is 3.45. The monoisotopic (exact) mass is 647 g/mol. The molecule has 0 aromatic heterocycles. The van der Waals surface area contributed by atoms with E-state index >= 15 is 0 Å². The number of allylic oxidation sites excluding steroid dienone is 5. The van der Waals surface area contributed by atoms with Crippen LogP contribution in [0.3, 0.4) is 0 Å². The minimum Gasteiger partial charge on any atom is -0.388 e. The van der Waals surface area contributed by atoms with Crippen molar-refractivity contribution in [3.05, 3.63) is 142 Å². The van der Waals surface area contributed by atoms with E-state index in [0.717, 1.165) is 40.2 Å². The molecular formula is C40H55F2N3S. The minimum absolute atomic E-state index is 0.155. The van der Waals surface area contributed by atoms with Crippen LogP contribution >= 0.6 is 12.1 Å². The summed E-state index contributed by atoms with van der Waals surface area (Å²) >= 11 is 0.233. The van der Waals surface area contributed by atoms with E-state index in [4.69, 9.17) is 0 Å². The molecule has 3 aromatic rings. The third-order valence-corrected chi connectivity index (χ3v) is 6.64. The Morgan fingerprint density at radius 1 is 0.891 bits per heavy atom. The molecule has 0 aliphatic carbocycles. The lowest BCUT2D eigenvalue weighted by Crippen LogP contribution is -2.10. The van der Waals surface area contributed by atoms with Crippen LogP contribution in [0.15, 0.2) is 114 Å². The number of anilines is 1. The van der Waals surface area contributed by atoms with Gasteiger partial charge in [0.2, 0.25) is 0 Å². The van der Waals surface area contributed by atoms with Crippen LogP contribution in [0.2, 0.25) is 0 Å². The zero-order chi connectivity index (χ0) is 36.1. The molecule has 0 fully saturated rings. The lowest BCUT2D eigenvalue weighted by atomic mass is 10.0. The van der Waals surface area contributed by atoms with Crippen molar-refractivity contribution in [2.24, 2.45) is 4.99 Å². The zero-order valence-corrected chi connectivity index (χ0v) is 30.4. The summed E-state index contributed by atoms with van der Waals surface area (Å²) in [6, 6.07) is 21.5. The molecule has 0 atom stereocenters. The molecule has 3 rings (SSSR count). The van der Waals surface area contributed by atoms with E-state index in [-0.39, 0.29) is 18.0 Å². The molecule has 0 unspecified atom stereocenters. The number of hydrogen-bond acceptors (Lipinski definition) is 4. The lowest BCUT2D eigenvalue weighted by Gasteiger charge is -2.10. The van der Waals surface area contributed by atoms with Crippen molar-refractivity contribution in [3.63, 3.8) is 0 Å². The first-order valence-corrected chi connectivity index (χ1v) is 15.6. The van der Waals surface area contributed by atoms with Crippen LogP contribution in [-0.4, -0.2) is 20.3 Å². The summed E-state index contributed by atoms with van der Waals surface area (Å²) in [7, 11) is 3.56. The molecule has 250 valence electrons. The topological polar surface area (TPSA) is 36.4 Å². The van der Waals surface area contributed by atoms with E-state index < -0.39 is 0 Å². The molecule has 0 saturated carbocycles. The predicted molar refractivity (Wildman–Crippen MR) is 207 cm³/mol. The van der Waals surface area contributed by atoms with E-state index in [1.807, 2.05) is 54.7 Å². The van der Waals surface area contributed by atoms with Crippen molar-refractivity contribution >= 4 is 29.6 Å². The van der Waals surface area contributed by atoms with Crippen molar-refractivity contribution in [1.82, 2.24) is 5.32 Å². The van der Waals surface area contributed by atoms with Gasteiger partial charge in [-0.25, -0.2) is 4.39 Å². The van der Waals surface area contributed by atoms with Gasteiger partial charge in [0.15, 0.2) is 0 Å². The quantitative estimate of drug-likeness (QED) is 0.111. The summed E-state index contributed by atoms with van der Waals surface area (Å²) in [4.78, 5) is 4.28. The fourth-order valence-corrected chi connectivity index (χ4v) is 3.75. The number of hydrogen-bond donors (Lipinski definition) is 2. The van der Waals surface area contributed by atoms with E-state index in [9.17, 15) is 8.28 Å². The normalized spacial score (nSPS) is 9.48. The van der Waals surface area contributed by atoms with Crippen LogP contribution in [0.25, 0.3) is 5.57 Å². The van der Waals surface area contributed by atoms with Gasteiger partial charge in [-0.05, 0) is 105 Å². The SMILES string of the molecule is C#C.C=C.C=C(/C=C(\C)NCc1cccc(NC)c1)c1ccccc1C.CC.CN=CC(SF)=C(C)C.Cc1ccc(F)cc1C. The molecule has 0 bridgehead atoms. The van der Waals surface area contributed by atoms with Gasteiger partial charge in [-0.15, -0.1) is 26.0 Å². The maximum atomic E-state index is 12.3. The smallest absolute Gasteiger partial charge is 0.123 e. The average Bonchev–Trinajstić information content (AvgIpc) is 3.08. The van der Waals surface area contributed by atoms with Gasteiger partial charge in [0.05, 0.1) is 17.1 Å². The standard InChI is InChI=1S/C20H24N2.C8H9F.C6H10FNS.C2H6.C2H4.C2H2/c1-15-8-5-6-11-20(15)16(2)12-17(3)22-14-18-9-7-10-19(13-18)21-4;1-6-3-4-8(9)5-7(6)2;1-5(2)6(9-7)4-8-3;3*1-2/h5-13,21-22H,2,14H2,1,3-4H3;3-5H,1-2H3;4H,1-3H3;1-2H3;1-2H2;1-2H/b17-12+;;;;;. The molecule has 0 heterocycles. The number of benzene rings is 3. The number of halogens is 2. The predicted octanol–water partition coefficient (Wildman–Crippen LogP) is 11.9. The summed E-state index contributed by atoms with van der Waals surface area (Å²) in [6.07, 6.45) is 11.6. The zero-order valence-electron chi connectivity index (χ0n) is 29.6. The molecule has 2 N–H and O–H groups in total. The van der Waals surface area contributed by atoms with Gasteiger partial charge < -0.3 is 10.6 Å². The van der Waals surface area contributed by atoms with Crippen LogP contribution in [-0.2, 0) is 6.54 Å². The van der Waals surface area contributed by atoms with Gasteiger partial charge in [-0.2, -0.15) is 3.89 Å². The molecule has 0 aliphatic heterocycles.